The molecule has 0 aromatic heterocycles. The van der Waals surface area contributed by atoms with Gasteiger partial charge in [-0.3, -0.25) is 0 Å². The van der Waals surface area contributed by atoms with Gasteiger partial charge in [-0.2, -0.15) is 5.26 Å². The summed E-state index contributed by atoms with van der Waals surface area (Å²) >= 11 is 0. The average Bonchev–Trinajstić information content (AvgIpc) is 2.52. The van der Waals surface area contributed by atoms with Gasteiger partial charge in [0, 0.05) is 25.2 Å². The van der Waals surface area contributed by atoms with E-state index in [1.54, 1.807) is 29.2 Å². The summed E-state index contributed by atoms with van der Waals surface area (Å²) in [6, 6.07) is 8.88. The molecule has 0 spiro atoms. The van der Waals surface area contributed by atoms with E-state index >= 15 is 0 Å². The van der Waals surface area contributed by atoms with Crippen LogP contribution in [-0.2, 0) is 4.74 Å². The van der Waals surface area contributed by atoms with Crippen molar-refractivity contribution in [2.24, 2.45) is 0 Å². The van der Waals surface area contributed by atoms with Crippen molar-refractivity contribution >= 4 is 6.09 Å². The molecule has 0 unspecified atom stereocenters. The number of ether oxygens (including phenoxy) is 1. The molecule has 1 aromatic carbocycles. The molecule has 0 saturated carbocycles. The van der Waals surface area contributed by atoms with Gasteiger partial charge in [-0.05, 0) is 51.1 Å². The van der Waals surface area contributed by atoms with E-state index in [1.807, 2.05) is 26.8 Å². The number of benzene rings is 1. The maximum absolute atomic E-state index is 12.0. The first-order chi connectivity index (χ1) is 10.9. The van der Waals surface area contributed by atoms with Crippen molar-refractivity contribution in [1.29, 1.82) is 5.26 Å². The molecule has 1 N–H and O–H groups in total. The highest BCUT2D eigenvalue weighted by Gasteiger charge is 2.23. The molecule has 0 fully saturated rings. The van der Waals surface area contributed by atoms with E-state index in [1.165, 1.54) is 0 Å². The van der Waals surface area contributed by atoms with Crippen LogP contribution >= 0.6 is 0 Å². The molecule has 0 radical (unpaired) electrons. The number of nitriles is 1. The third-order valence-corrected chi connectivity index (χ3v) is 3.14. The minimum atomic E-state index is -0.488. The Hall–Kier alpha value is -2.68. The van der Waals surface area contributed by atoms with Crippen molar-refractivity contribution in [3.63, 3.8) is 0 Å². The largest absolute Gasteiger partial charge is 0.444 e. The number of amides is 1. The number of carbonyl (C=O) groups excluding carboxylic acids is 1. The van der Waals surface area contributed by atoms with Gasteiger partial charge in [-0.1, -0.05) is 0 Å². The minimum Gasteiger partial charge on any atom is -0.444 e. The second kappa shape index (κ2) is 7.05. The number of rotatable bonds is 3. The smallest absolute Gasteiger partial charge is 0.410 e. The summed E-state index contributed by atoms with van der Waals surface area (Å²) in [5, 5.41) is 8.74. The van der Waals surface area contributed by atoms with Gasteiger partial charge in [0.15, 0.2) is 5.75 Å². The fourth-order valence-corrected chi connectivity index (χ4v) is 1.98. The van der Waals surface area contributed by atoms with E-state index in [0.29, 0.717) is 30.8 Å². The standard InChI is InChI=1S/C17H21N3O3/c1-17(2,3)22-16(21)20-10-8-14(9-11-20)19-23-15-6-4-13(12-18)5-7-15/h4-8,19H,9-11H2,1-3H3. The lowest BCUT2D eigenvalue weighted by atomic mass is 10.2. The Morgan fingerprint density at radius 3 is 2.52 bits per heavy atom. The predicted molar refractivity (Wildman–Crippen MR) is 85.4 cm³/mol. The first-order valence-electron chi connectivity index (χ1n) is 7.47. The van der Waals surface area contributed by atoms with Gasteiger partial charge in [0.1, 0.15) is 5.60 Å². The molecule has 1 aliphatic heterocycles. The predicted octanol–water partition coefficient (Wildman–Crippen LogP) is 2.97. The van der Waals surface area contributed by atoms with Gasteiger partial charge in [-0.25, -0.2) is 10.3 Å². The monoisotopic (exact) mass is 315 g/mol. The molecular formula is C17H21N3O3. The van der Waals surface area contributed by atoms with Crippen molar-refractivity contribution < 1.29 is 14.4 Å². The number of hydrogen-bond donors (Lipinski definition) is 1. The van der Waals surface area contributed by atoms with Crippen molar-refractivity contribution in [2.75, 3.05) is 13.1 Å². The highest BCUT2D eigenvalue weighted by molar-refractivity contribution is 5.68. The van der Waals surface area contributed by atoms with Crippen molar-refractivity contribution in [3.8, 4) is 11.8 Å². The fourth-order valence-electron chi connectivity index (χ4n) is 1.98. The normalized spacial score (nSPS) is 14.5. The Morgan fingerprint density at radius 2 is 2.00 bits per heavy atom. The van der Waals surface area contributed by atoms with Gasteiger partial charge >= 0.3 is 6.09 Å². The quantitative estimate of drug-likeness (QED) is 0.868. The maximum atomic E-state index is 12.0. The average molecular weight is 315 g/mol. The van der Waals surface area contributed by atoms with Crippen LogP contribution in [0.4, 0.5) is 4.79 Å². The molecular weight excluding hydrogens is 294 g/mol. The highest BCUT2D eigenvalue weighted by Crippen LogP contribution is 2.15. The SMILES string of the molecule is CC(C)(C)OC(=O)N1CC=C(NOc2ccc(C#N)cc2)CC1. The van der Waals surface area contributed by atoms with Crippen LogP contribution in [-0.4, -0.2) is 29.7 Å². The summed E-state index contributed by atoms with van der Waals surface area (Å²) in [4.78, 5) is 19.1. The van der Waals surface area contributed by atoms with E-state index in [2.05, 4.69) is 11.5 Å². The second-order valence-electron chi connectivity index (χ2n) is 6.25. The zero-order valence-electron chi connectivity index (χ0n) is 13.6. The van der Waals surface area contributed by atoms with E-state index in [-0.39, 0.29) is 6.09 Å². The molecule has 6 heteroatoms. The van der Waals surface area contributed by atoms with Crippen LogP contribution in [0.1, 0.15) is 32.8 Å². The van der Waals surface area contributed by atoms with E-state index in [4.69, 9.17) is 14.8 Å². The summed E-state index contributed by atoms with van der Waals surface area (Å²) in [7, 11) is 0. The van der Waals surface area contributed by atoms with Crippen molar-refractivity contribution in [2.45, 2.75) is 32.8 Å². The lowest BCUT2D eigenvalue weighted by Gasteiger charge is -2.29. The van der Waals surface area contributed by atoms with E-state index < -0.39 is 5.60 Å². The van der Waals surface area contributed by atoms with Crippen LogP contribution in [0.25, 0.3) is 0 Å². The summed E-state index contributed by atoms with van der Waals surface area (Å²) in [6.07, 6.45) is 2.26. The van der Waals surface area contributed by atoms with Gasteiger partial charge in [0.25, 0.3) is 0 Å². The second-order valence-corrected chi connectivity index (χ2v) is 6.25. The molecule has 0 saturated heterocycles. The van der Waals surface area contributed by atoms with Gasteiger partial charge in [0.2, 0.25) is 0 Å². The Bertz CT molecular complexity index is 624. The molecule has 122 valence electrons. The highest BCUT2D eigenvalue weighted by atomic mass is 16.6. The molecule has 0 bridgehead atoms. The van der Waals surface area contributed by atoms with Crippen LogP contribution in [0.2, 0.25) is 0 Å². The summed E-state index contributed by atoms with van der Waals surface area (Å²) < 4.78 is 5.34. The van der Waals surface area contributed by atoms with E-state index in [9.17, 15) is 4.79 Å². The van der Waals surface area contributed by atoms with Crippen LogP contribution in [0.15, 0.2) is 36.0 Å². The lowest BCUT2D eigenvalue weighted by Crippen LogP contribution is -2.40. The minimum absolute atomic E-state index is 0.305. The number of hydrogen-bond acceptors (Lipinski definition) is 5. The number of carbonyl (C=O) groups is 1. The van der Waals surface area contributed by atoms with Crippen molar-refractivity contribution in [3.05, 3.63) is 41.6 Å². The third kappa shape index (κ3) is 5.22. The lowest BCUT2D eigenvalue weighted by molar-refractivity contribution is 0.0260. The molecule has 2 rings (SSSR count). The Morgan fingerprint density at radius 1 is 1.30 bits per heavy atom. The van der Waals surface area contributed by atoms with Crippen LogP contribution in [0.5, 0.6) is 5.75 Å². The Labute approximate surface area is 136 Å². The zero-order chi connectivity index (χ0) is 16.9. The van der Waals surface area contributed by atoms with Gasteiger partial charge in [-0.15, -0.1) is 0 Å². The molecule has 6 nitrogen and oxygen atoms in total. The Balaban J connectivity index is 1.82. The molecule has 0 aliphatic carbocycles. The number of nitrogens with zero attached hydrogens (tertiary/aromatic N) is 2. The third-order valence-electron chi connectivity index (χ3n) is 3.14. The van der Waals surface area contributed by atoms with Crippen LogP contribution in [0.3, 0.4) is 0 Å². The summed E-state index contributed by atoms with van der Waals surface area (Å²) in [5.41, 5.74) is 3.89. The van der Waals surface area contributed by atoms with Crippen molar-refractivity contribution in [1.82, 2.24) is 10.4 Å². The Kier molecular flexibility index (Phi) is 5.12. The molecule has 1 heterocycles. The number of hydroxylamine groups is 1. The molecule has 1 aliphatic rings. The van der Waals surface area contributed by atoms with Crippen LogP contribution in [0, 0.1) is 11.3 Å². The number of nitrogens with one attached hydrogen (secondary N) is 1. The zero-order valence-corrected chi connectivity index (χ0v) is 13.6. The molecule has 1 amide bonds. The topological polar surface area (TPSA) is 74.6 Å². The van der Waals surface area contributed by atoms with E-state index in [0.717, 1.165) is 5.70 Å². The van der Waals surface area contributed by atoms with Crippen LogP contribution < -0.4 is 10.3 Å². The maximum Gasteiger partial charge on any atom is 0.410 e. The first kappa shape index (κ1) is 16.7. The van der Waals surface area contributed by atoms with Gasteiger partial charge in [0.05, 0.1) is 11.6 Å². The molecule has 0 atom stereocenters. The fraction of sp³-hybridized carbons (Fsp3) is 0.412. The summed E-state index contributed by atoms with van der Waals surface area (Å²) in [5.74, 6) is 0.625. The first-order valence-corrected chi connectivity index (χ1v) is 7.47. The molecule has 23 heavy (non-hydrogen) atoms. The summed E-state index contributed by atoms with van der Waals surface area (Å²) in [6.45, 7) is 6.60. The molecule has 1 aromatic rings. The van der Waals surface area contributed by atoms with Gasteiger partial charge < -0.3 is 14.5 Å².